The Morgan fingerprint density at radius 3 is 2.82 bits per heavy atom. The molecule has 38 heavy (non-hydrogen) atoms. The van der Waals surface area contributed by atoms with Crippen molar-refractivity contribution in [3.8, 4) is 6.07 Å². The highest BCUT2D eigenvalue weighted by atomic mass is 31.2. The molecule has 3 aliphatic rings. The maximum absolute atomic E-state index is 12.6. The van der Waals surface area contributed by atoms with Crippen LogP contribution in [0.3, 0.4) is 0 Å². The lowest BCUT2D eigenvalue weighted by Gasteiger charge is -2.29. The van der Waals surface area contributed by atoms with Crippen molar-refractivity contribution in [1.29, 1.82) is 5.26 Å². The number of rotatable bonds is 10. The van der Waals surface area contributed by atoms with Crippen molar-refractivity contribution < 1.29 is 28.4 Å². The molecule has 0 aliphatic carbocycles. The van der Waals surface area contributed by atoms with Gasteiger partial charge in [-0.15, -0.1) is 0 Å². The molecule has 0 saturated carbocycles. The smallest absolute Gasteiger partial charge is 0.330 e. The molecule has 2 aromatic rings. The van der Waals surface area contributed by atoms with E-state index in [1.807, 2.05) is 36.4 Å². The first kappa shape index (κ1) is 27.1. The molecular formula is C25H31N4O8P. The molecule has 5 rings (SSSR count). The highest BCUT2D eigenvalue weighted by molar-refractivity contribution is 7.45. The summed E-state index contributed by atoms with van der Waals surface area (Å²) in [6.07, 6.45) is -0.0590. The Hall–Kier alpha value is -2.46. The van der Waals surface area contributed by atoms with Crippen LogP contribution in [0, 0.1) is 11.3 Å². The van der Waals surface area contributed by atoms with Gasteiger partial charge in [0, 0.05) is 18.8 Å². The maximum Gasteiger partial charge on any atom is 0.330 e. The van der Waals surface area contributed by atoms with E-state index in [0.717, 1.165) is 24.9 Å². The number of hydrogen-bond donors (Lipinski definition) is 2. The predicted octanol–water partition coefficient (Wildman–Crippen LogP) is 1.72. The van der Waals surface area contributed by atoms with Gasteiger partial charge in [-0.05, 0) is 25.3 Å². The van der Waals surface area contributed by atoms with Crippen LogP contribution in [0.25, 0.3) is 0 Å². The van der Waals surface area contributed by atoms with Gasteiger partial charge in [-0.3, -0.25) is 14.3 Å². The number of aliphatic hydroxyl groups is 1. The van der Waals surface area contributed by atoms with Crippen molar-refractivity contribution in [3.05, 3.63) is 69.0 Å². The summed E-state index contributed by atoms with van der Waals surface area (Å²) in [5.41, 5.74) is -0.749. The molecule has 1 aromatic heterocycles. The molecule has 0 radical (unpaired) electrons. The van der Waals surface area contributed by atoms with Crippen LogP contribution in [0.4, 0.5) is 0 Å². The van der Waals surface area contributed by atoms with Crippen molar-refractivity contribution >= 4 is 8.53 Å². The third-order valence-corrected chi connectivity index (χ3v) is 9.05. The molecule has 0 spiro atoms. The number of benzene rings is 1. The lowest BCUT2D eigenvalue weighted by atomic mass is 9.87. The van der Waals surface area contributed by atoms with E-state index in [1.165, 1.54) is 16.8 Å². The SMILES string of the molecule is C[C@]1(c2ccccc2)O[P@](OC2[C@@H](CO)O[C@@H](n3ccc(=O)[nH]c3=O)[C@H]2OCOCCC#N)N2CCC[C@H]21. The molecular weight excluding hydrogens is 515 g/mol. The number of nitrogens with one attached hydrogen (secondary N) is 1. The highest BCUT2D eigenvalue weighted by Gasteiger charge is 2.57. The van der Waals surface area contributed by atoms with Gasteiger partial charge >= 0.3 is 5.69 Å². The van der Waals surface area contributed by atoms with E-state index in [1.54, 1.807) is 0 Å². The van der Waals surface area contributed by atoms with Crippen LogP contribution in [0.15, 0.2) is 52.2 Å². The summed E-state index contributed by atoms with van der Waals surface area (Å²) in [6, 6.07) is 13.4. The first-order valence-corrected chi connectivity index (χ1v) is 13.7. The van der Waals surface area contributed by atoms with Gasteiger partial charge in [-0.1, -0.05) is 30.3 Å². The molecule has 1 aromatic carbocycles. The average Bonchev–Trinajstić information content (AvgIpc) is 3.61. The number of nitriles is 1. The largest absolute Gasteiger partial charge is 0.394 e. The number of ether oxygens (including phenoxy) is 3. The topological polar surface area (TPSA) is 148 Å². The molecule has 12 nitrogen and oxygen atoms in total. The monoisotopic (exact) mass is 546 g/mol. The van der Waals surface area contributed by atoms with E-state index in [2.05, 4.69) is 16.6 Å². The van der Waals surface area contributed by atoms with Gasteiger partial charge in [-0.2, -0.15) is 5.26 Å². The summed E-state index contributed by atoms with van der Waals surface area (Å²) in [4.78, 5) is 26.5. The van der Waals surface area contributed by atoms with Gasteiger partial charge < -0.3 is 28.4 Å². The molecule has 13 heteroatoms. The van der Waals surface area contributed by atoms with E-state index in [4.69, 9.17) is 28.5 Å². The zero-order chi connectivity index (χ0) is 26.7. The lowest BCUT2D eigenvalue weighted by molar-refractivity contribution is -0.137. The fourth-order valence-electron chi connectivity index (χ4n) is 5.30. The number of aliphatic hydroxyl groups excluding tert-OH is 1. The second kappa shape index (κ2) is 11.7. The van der Waals surface area contributed by atoms with Crippen molar-refractivity contribution in [2.45, 2.75) is 62.4 Å². The fraction of sp³-hybridized carbons (Fsp3) is 0.560. The number of nitrogens with zero attached hydrogens (tertiary/aromatic N) is 3. The number of aromatic nitrogens is 2. The van der Waals surface area contributed by atoms with Crippen LogP contribution in [0.1, 0.15) is 38.0 Å². The molecule has 0 amide bonds. The molecule has 3 fully saturated rings. The molecule has 7 atom stereocenters. The first-order chi connectivity index (χ1) is 18.5. The number of hydrogen-bond acceptors (Lipinski definition) is 10. The lowest BCUT2D eigenvalue weighted by Crippen LogP contribution is -2.41. The standard InChI is InChI=1S/C25H31N4O8P/c1-25(17-7-3-2-4-8-17)19-9-5-12-29(19)38(37-25)36-21-18(15-30)35-23(22(21)34-16-33-14-6-11-26)28-13-10-20(31)27-24(28)32/h2-4,7-8,10,13,18-19,21-23,30H,5-6,9,12,14-16H2,1H3,(H,27,31,32)/t18-,19+,21?,22+,23-,25-,38+/m1/s1. The summed E-state index contributed by atoms with van der Waals surface area (Å²) in [7, 11) is -1.56. The van der Waals surface area contributed by atoms with Crippen LogP contribution in [0.5, 0.6) is 0 Å². The first-order valence-electron chi connectivity index (χ1n) is 12.6. The average molecular weight is 547 g/mol. The van der Waals surface area contributed by atoms with E-state index in [0.29, 0.717) is 0 Å². The zero-order valence-corrected chi connectivity index (χ0v) is 21.9. The minimum absolute atomic E-state index is 0.122. The summed E-state index contributed by atoms with van der Waals surface area (Å²) in [5.74, 6) is 0. The minimum Gasteiger partial charge on any atom is -0.394 e. The van der Waals surface area contributed by atoms with Gasteiger partial charge in [0.05, 0.1) is 31.7 Å². The van der Waals surface area contributed by atoms with Crippen LogP contribution in [-0.4, -0.2) is 70.2 Å². The number of H-pyrrole nitrogens is 1. The molecule has 204 valence electrons. The van der Waals surface area contributed by atoms with E-state index < -0.39 is 56.5 Å². The Morgan fingerprint density at radius 1 is 1.26 bits per heavy atom. The maximum atomic E-state index is 12.6. The van der Waals surface area contributed by atoms with Crippen LogP contribution >= 0.6 is 8.53 Å². The summed E-state index contributed by atoms with van der Waals surface area (Å²) in [5, 5.41) is 19.0. The fourth-order valence-corrected chi connectivity index (χ4v) is 7.45. The Balaban J connectivity index is 1.42. The second-order valence-electron chi connectivity index (χ2n) is 9.52. The number of fused-ring (bicyclic) bond motifs is 1. The van der Waals surface area contributed by atoms with Crippen molar-refractivity contribution in [3.63, 3.8) is 0 Å². The Morgan fingerprint density at radius 2 is 2.08 bits per heavy atom. The number of aromatic amines is 1. The quantitative estimate of drug-likeness (QED) is 0.256. The van der Waals surface area contributed by atoms with Gasteiger partial charge in [0.15, 0.2) is 6.23 Å². The highest BCUT2D eigenvalue weighted by Crippen LogP contribution is 2.64. The summed E-state index contributed by atoms with van der Waals surface area (Å²) in [6.45, 7) is 2.47. The van der Waals surface area contributed by atoms with Gasteiger partial charge in [0.25, 0.3) is 14.1 Å². The molecule has 3 saturated heterocycles. The molecule has 0 bridgehead atoms. The summed E-state index contributed by atoms with van der Waals surface area (Å²) < 4.78 is 34.1. The zero-order valence-electron chi connectivity index (χ0n) is 21.0. The van der Waals surface area contributed by atoms with E-state index >= 15 is 0 Å². The van der Waals surface area contributed by atoms with Crippen molar-refractivity contribution in [2.24, 2.45) is 0 Å². The van der Waals surface area contributed by atoms with E-state index in [9.17, 15) is 14.7 Å². The third-order valence-electron chi connectivity index (χ3n) is 7.19. The van der Waals surface area contributed by atoms with Crippen LogP contribution in [0.2, 0.25) is 0 Å². The van der Waals surface area contributed by atoms with Crippen LogP contribution < -0.4 is 11.2 Å². The Kier molecular flexibility index (Phi) is 8.38. The Bertz CT molecular complexity index is 1250. The van der Waals surface area contributed by atoms with Gasteiger partial charge in [0.2, 0.25) is 0 Å². The van der Waals surface area contributed by atoms with E-state index in [-0.39, 0.29) is 25.9 Å². The predicted molar refractivity (Wildman–Crippen MR) is 135 cm³/mol. The Labute approximate surface area is 220 Å². The second-order valence-corrected chi connectivity index (χ2v) is 10.9. The van der Waals surface area contributed by atoms with Gasteiger partial charge in [0.1, 0.15) is 30.7 Å². The normalized spacial score (nSPS) is 32.9. The molecule has 2 N–H and O–H groups in total. The molecule has 3 aliphatic heterocycles. The van der Waals surface area contributed by atoms with Gasteiger partial charge in [-0.25, -0.2) is 9.46 Å². The summed E-state index contributed by atoms with van der Waals surface area (Å²) >= 11 is 0. The van der Waals surface area contributed by atoms with Crippen molar-refractivity contribution in [1.82, 2.24) is 14.2 Å². The van der Waals surface area contributed by atoms with Crippen molar-refractivity contribution in [2.75, 3.05) is 26.6 Å². The molecule has 1 unspecified atom stereocenters. The molecule has 4 heterocycles. The van der Waals surface area contributed by atoms with Crippen LogP contribution in [-0.2, 0) is 28.9 Å². The third kappa shape index (κ3) is 5.21. The minimum atomic E-state index is -1.56.